The maximum Gasteiger partial charge on any atom is 0.471 e. The molecule has 3 unspecified atom stereocenters. The molecule has 1 N–H and O–H groups in total. The monoisotopic (exact) mass is 569 g/mol. The summed E-state index contributed by atoms with van der Waals surface area (Å²) in [5.41, 5.74) is 1.10. The number of amides is 1. The standard InChI is InChI=1S/C27H31F4N3O4S/c1-38-25(35)20-4-8-22(9-5-20)39(37)32-12-15-33-13-10-18(11-14-33)17-34(26(36)27(29,30)31)24-16-23(24)19-2-6-21(28)7-3-19/h2-9,18,23-24,32H,10-17H2,1H3. The Morgan fingerprint density at radius 2 is 1.72 bits per heavy atom. The summed E-state index contributed by atoms with van der Waals surface area (Å²) in [6.45, 7) is 2.41. The number of hydrogen-bond donors (Lipinski definition) is 1. The molecular formula is C27H31F4N3O4S. The Labute approximate surface area is 227 Å². The van der Waals surface area contributed by atoms with Gasteiger partial charge in [-0.25, -0.2) is 18.1 Å². The molecule has 212 valence electrons. The Balaban J connectivity index is 1.24. The highest BCUT2D eigenvalue weighted by Gasteiger charge is 2.52. The minimum absolute atomic E-state index is 0.0401. The van der Waals surface area contributed by atoms with Crippen LogP contribution in [0.25, 0.3) is 0 Å². The van der Waals surface area contributed by atoms with E-state index in [1.165, 1.54) is 19.2 Å². The van der Waals surface area contributed by atoms with Crippen LogP contribution in [0, 0.1) is 11.7 Å². The Bertz CT molecular complexity index is 1170. The van der Waals surface area contributed by atoms with E-state index in [2.05, 4.69) is 14.4 Å². The Morgan fingerprint density at radius 3 is 2.31 bits per heavy atom. The van der Waals surface area contributed by atoms with Gasteiger partial charge in [0.1, 0.15) is 16.8 Å². The lowest BCUT2D eigenvalue weighted by molar-refractivity contribution is -0.187. The summed E-state index contributed by atoms with van der Waals surface area (Å²) < 4.78 is 73.5. The summed E-state index contributed by atoms with van der Waals surface area (Å²) >= 11 is 0. The molecule has 7 nitrogen and oxygen atoms in total. The molecule has 1 saturated carbocycles. The zero-order valence-electron chi connectivity index (χ0n) is 21.5. The van der Waals surface area contributed by atoms with Crippen molar-refractivity contribution < 1.29 is 36.1 Å². The molecule has 0 spiro atoms. The first-order valence-electron chi connectivity index (χ1n) is 12.8. The molecule has 1 saturated heterocycles. The number of methoxy groups -OCH3 is 1. The van der Waals surface area contributed by atoms with E-state index >= 15 is 0 Å². The van der Waals surface area contributed by atoms with E-state index in [9.17, 15) is 31.4 Å². The summed E-state index contributed by atoms with van der Waals surface area (Å²) in [6, 6.07) is 11.4. The fourth-order valence-electron chi connectivity index (χ4n) is 5.01. The van der Waals surface area contributed by atoms with Crippen LogP contribution in [0.2, 0.25) is 0 Å². The van der Waals surface area contributed by atoms with Gasteiger partial charge in [-0.2, -0.15) is 13.2 Å². The van der Waals surface area contributed by atoms with Crippen LogP contribution in [0.3, 0.4) is 0 Å². The second-order valence-electron chi connectivity index (χ2n) is 9.88. The second kappa shape index (κ2) is 12.6. The molecule has 1 aliphatic heterocycles. The Morgan fingerprint density at radius 1 is 1.08 bits per heavy atom. The van der Waals surface area contributed by atoms with Crippen molar-refractivity contribution >= 4 is 22.9 Å². The van der Waals surface area contributed by atoms with Crippen LogP contribution < -0.4 is 4.72 Å². The van der Waals surface area contributed by atoms with Gasteiger partial charge in [-0.15, -0.1) is 0 Å². The van der Waals surface area contributed by atoms with Gasteiger partial charge < -0.3 is 14.5 Å². The molecule has 0 bridgehead atoms. The molecule has 1 heterocycles. The van der Waals surface area contributed by atoms with Crippen molar-refractivity contribution in [3.8, 4) is 0 Å². The lowest BCUT2D eigenvalue weighted by Crippen LogP contribution is -2.47. The molecule has 1 aliphatic carbocycles. The van der Waals surface area contributed by atoms with E-state index in [0.29, 0.717) is 55.9 Å². The van der Waals surface area contributed by atoms with Crippen molar-refractivity contribution in [3.63, 3.8) is 0 Å². The normalized spacial score (nSPS) is 20.8. The van der Waals surface area contributed by atoms with Crippen LogP contribution in [0.1, 0.15) is 41.1 Å². The topological polar surface area (TPSA) is 79.0 Å². The van der Waals surface area contributed by atoms with E-state index in [1.807, 2.05) is 0 Å². The van der Waals surface area contributed by atoms with Gasteiger partial charge in [0.25, 0.3) is 0 Å². The molecule has 2 aliphatic rings. The minimum Gasteiger partial charge on any atom is -0.465 e. The third-order valence-corrected chi connectivity index (χ3v) is 8.44. The summed E-state index contributed by atoms with van der Waals surface area (Å²) in [7, 11) is -0.172. The zero-order chi connectivity index (χ0) is 28.2. The molecule has 2 aromatic rings. The van der Waals surface area contributed by atoms with Crippen molar-refractivity contribution in [1.82, 2.24) is 14.5 Å². The maximum absolute atomic E-state index is 13.4. The van der Waals surface area contributed by atoms with Gasteiger partial charge in [0, 0.05) is 31.6 Å². The largest absolute Gasteiger partial charge is 0.471 e. The van der Waals surface area contributed by atoms with E-state index in [0.717, 1.165) is 10.5 Å². The number of nitrogens with zero attached hydrogens (tertiary/aromatic N) is 2. The number of hydrogen-bond acceptors (Lipinski definition) is 5. The molecule has 12 heteroatoms. The van der Waals surface area contributed by atoms with Gasteiger partial charge in [0.05, 0.1) is 17.6 Å². The SMILES string of the molecule is COC(=O)c1ccc(S(=O)NCCN2CCC(CN(C(=O)C(F)(F)F)C3CC3c3ccc(F)cc3)CC2)cc1. The molecule has 3 atom stereocenters. The van der Waals surface area contributed by atoms with Crippen LogP contribution in [0.5, 0.6) is 0 Å². The second-order valence-corrected chi connectivity index (χ2v) is 11.2. The first-order valence-corrected chi connectivity index (χ1v) is 13.9. The molecule has 2 fully saturated rings. The first-order chi connectivity index (χ1) is 18.6. The number of rotatable bonds is 10. The molecule has 39 heavy (non-hydrogen) atoms. The average Bonchev–Trinajstić information content (AvgIpc) is 3.72. The molecule has 2 aromatic carbocycles. The quantitative estimate of drug-likeness (QED) is 0.347. The smallest absolute Gasteiger partial charge is 0.465 e. The molecule has 0 radical (unpaired) electrons. The zero-order valence-corrected chi connectivity index (χ0v) is 22.3. The van der Waals surface area contributed by atoms with Gasteiger partial charge in [0.2, 0.25) is 0 Å². The Hall–Kier alpha value is -2.83. The fourth-order valence-corrected chi connectivity index (χ4v) is 5.84. The number of ether oxygens (including phenoxy) is 1. The van der Waals surface area contributed by atoms with Crippen LogP contribution in [0.4, 0.5) is 17.6 Å². The number of halogens is 4. The highest BCUT2D eigenvalue weighted by Crippen LogP contribution is 2.46. The minimum atomic E-state index is -4.95. The summed E-state index contributed by atoms with van der Waals surface area (Å²) in [6.07, 6.45) is -3.22. The summed E-state index contributed by atoms with van der Waals surface area (Å²) in [4.78, 5) is 27.4. The molecule has 0 aromatic heterocycles. The number of benzene rings is 2. The van der Waals surface area contributed by atoms with Crippen molar-refractivity contribution in [3.05, 3.63) is 65.5 Å². The van der Waals surface area contributed by atoms with E-state index in [4.69, 9.17) is 0 Å². The van der Waals surface area contributed by atoms with Crippen LogP contribution >= 0.6 is 0 Å². The molecule has 4 rings (SSSR count). The van der Waals surface area contributed by atoms with Crippen LogP contribution in [0.15, 0.2) is 53.4 Å². The van der Waals surface area contributed by atoms with Crippen LogP contribution in [-0.2, 0) is 20.5 Å². The number of alkyl halides is 3. The van der Waals surface area contributed by atoms with Crippen LogP contribution in [-0.4, -0.2) is 77.9 Å². The van der Waals surface area contributed by atoms with Gasteiger partial charge in [-0.3, -0.25) is 4.79 Å². The third kappa shape index (κ3) is 7.64. The van der Waals surface area contributed by atoms with Crippen molar-refractivity contribution in [2.75, 3.05) is 39.8 Å². The number of nitrogens with one attached hydrogen (secondary N) is 1. The lowest BCUT2D eigenvalue weighted by atomic mass is 9.96. The number of piperidine rings is 1. The lowest BCUT2D eigenvalue weighted by Gasteiger charge is -2.35. The van der Waals surface area contributed by atoms with Gasteiger partial charge in [0.15, 0.2) is 0 Å². The highest BCUT2D eigenvalue weighted by molar-refractivity contribution is 7.83. The molecular weight excluding hydrogens is 538 g/mol. The number of carbonyl (C=O) groups excluding carboxylic acids is 2. The van der Waals surface area contributed by atoms with E-state index in [1.54, 1.807) is 36.4 Å². The molecule has 1 amide bonds. The van der Waals surface area contributed by atoms with E-state index in [-0.39, 0.29) is 18.4 Å². The van der Waals surface area contributed by atoms with Crippen molar-refractivity contribution in [1.29, 1.82) is 0 Å². The summed E-state index contributed by atoms with van der Waals surface area (Å²) in [5, 5.41) is 0. The van der Waals surface area contributed by atoms with Crippen molar-refractivity contribution in [2.24, 2.45) is 5.92 Å². The first kappa shape index (κ1) is 29.2. The van der Waals surface area contributed by atoms with Crippen molar-refractivity contribution in [2.45, 2.75) is 42.3 Å². The summed E-state index contributed by atoms with van der Waals surface area (Å²) in [5.74, 6) is -2.98. The maximum atomic E-state index is 13.4. The Kier molecular flexibility index (Phi) is 9.39. The number of carbonyl (C=O) groups is 2. The van der Waals surface area contributed by atoms with E-state index < -0.39 is 40.9 Å². The highest BCUT2D eigenvalue weighted by atomic mass is 32.2. The average molecular weight is 570 g/mol. The van der Waals surface area contributed by atoms with Gasteiger partial charge in [-0.1, -0.05) is 12.1 Å². The number of esters is 1. The van der Waals surface area contributed by atoms with Gasteiger partial charge in [-0.05, 0) is 80.2 Å². The van der Waals surface area contributed by atoms with Gasteiger partial charge >= 0.3 is 18.1 Å². The predicted molar refractivity (Wildman–Crippen MR) is 137 cm³/mol. The fraction of sp³-hybridized carbons (Fsp3) is 0.481. The number of likely N-dealkylation sites (tertiary alicyclic amines) is 1. The third-order valence-electron chi connectivity index (χ3n) is 7.27. The predicted octanol–water partition coefficient (Wildman–Crippen LogP) is 3.88.